The molecule has 11 heteroatoms. The van der Waals surface area contributed by atoms with Crippen LogP contribution in [0.3, 0.4) is 0 Å². The van der Waals surface area contributed by atoms with Crippen molar-refractivity contribution in [3.8, 4) is 0 Å². The monoisotopic (exact) mass is 460 g/mol. The molecule has 1 amide bonds. The molecule has 0 atom stereocenters. The third-order valence-corrected chi connectivity index (χ3v) is 7.34. The minimum Gasteiger partial charge on any atom is -0.449 e. The van der Waals surface area contributed by atoms with E-state index in [0.717, 1.165) is 11.3 Å². The molecule has 28 heavy (non-hydrogen) atoms. The number of hydrogen-bond donors (Lipinski definition) is 1. The van der Waals surface area contributed by atoms with Gasteiger partial charge in [-0.15, -0.1) is 11.3 Å². The molecule has 3 aromatic rings. The Kier molecular flexibility index (Phi) is 5.28. The number of halogens is 2. The van der Waals surface area contributed by atoms with Crippen LogP contribution >= 0.6 is 34.5 Å². The first-order chi connectivity index (χ1) is 13.4. The van der Waals surface area contributed by atoms with E-state index in [1.807, 2.05) is 0 Å². The molecule has 1 aliphatic heterocycles. The standard InChI is InChI=1S/C17H14Cl2N2O5S2/c18-13-9-12(16(19)27-13)28(23,24)20-14-10-3-1-2-4-11(10)26-15(14)17(22)21-5-7-25-8-6-21/h1-4,9,20H,5-8H2. The number of fused-ring (bicyclic) bond motifs is 1. The highest BCUT2D eigenvalue weighted by molar-refractivity contribution is 7.93. The second-order valence-electron chi connectivity index (χ2n) is 6.00. The molecule has 0 spiro atoms. The smallest absolute Gasteiger partial charge is 0.291 e. The van der Waals surface area contributed by atoms with E-state index in [9.17, 15) is 13.2 Å². The van der Waals surface area contributed by atoms with Gasteiger partial charge in [0.1, 0.15) is 20.5 Å². The highest BCUT2D eigenvalue weighted by Crippen LogP contribution is 2.38. The summed E-state index contributed by atoms with van der Waals surface area (Å²) in [7, 11) is -4.08. The molecular weight excluding hydrogens is 447 g/mol. The van der Waals surface area contributed by atoms with E-state index < -0.39 is 15.9 Å². The number of carbonyl (C=O) groups is 1. The van der Waals surface area contributed by atoms with Gasteiger partial charge in [0.15, 0.2) is 0 Å². The molecule has 0 saturated carbocycles. The van der Waals surface area contributed by atoms with Crippen LogP contribution in [-0.4, -0.2) is 45.5 Å². The van der Waals surface area contributed by atoms with Crippen molar-refractivity contribution in [2.24, 2.45) is 0 Å². The number of thiophene rings is 1. The minimum atomic E-state index is -4.08. The van der Waals surface area contributed by atoms with Crippen LogP contribution in [0.4, 0.5) is 5.69 Å². The number of anilines is 1. The number of furan rings is 1. The Morgan fingerprint density at radius 1 is 1.18 bits per heavy atom. The summed E-state index contributed by atoms with van der Waals surface area (Å²) < 4.78 is 39.5. The molecular formula is C17H14Cl2N2O5S2. The van der Waals surface area contributed by atoms with Crippen molar-refractivity contribution >= 4 is 67.1 Å². The number of carbonyl (C=O) groups excluding carboxylic acids is 1. The van der Waals surface area contributed by atoms with E-state index in [0.29, 0.717) is 37.3 Å². The zero-order valence-electron chi connectivity index (χ0n) is 14.3. The number of rotatable bonds is 4. The summed E-state index contributed by atoms with van der Waals surface area (Å²) in [6.07, 6.45) is 0. The number of amides is 1. The average molecular weight is 461 g/mol. The lowest BCUT2D eigenvalue weighted by Crippen LogP contribution is -2.40. The maximum atomic E-state index is 13.0. The molecule has 148 valence electrons. The topological polar surface area (TPSA) is 88.8 Å². The van der Waals surface area contributed by atoms with Gasteiger partial charge in [0.2, 0.25) is 5.76 Å². The lowest BCUT2D eigenvalue weighted by molar-refractivity contribution is 0.0285. The Labute approximate surface area is 174 Å². The van der Waals surface area contributed by atoms with Gasteiger partial charge < -0.3 is 14.1 Å². The van der Waals surface area contributed by atoms with Gasteiger partial charge in [0.05, 0.1) is 17.6 Å². The zero-order chi connectivity index (χ0) is 19.9. The van der Waals surface area contributed by atoms with E-state index in [1.165, 1.54) is 6.07 Å². The first-order valence-corrected chi connectivity index (χ1v) is 11.3. The molecule has 0 unspecified atom stereocenters. The maximum absolute atomic E-state index is 13.0. The number of benzene rings is 1. The third kappa shape index (κ3) is 3.60. The second-order valence-corrected chi connectivity index (χ2v) is 9.94. The number of morpholine rings is 1. The first-order valence-electron chi connectivity index (χ1n) is 8.23. The van der Waals surface area contributed by atoms with Crippen molar-refractivity contribution < 1.29 is 22.4 Å². The van der Waals surface area contributed by atoms with Gasteiger partial charge in [-0.2, -0.15) is 0 Å². The second kappa shape index (κ2) is 7.57. The summed E-state index contributed by atoms with van der Waals surface area (Å²) in [4.78, 5) is 14.4. The summed E-state index contributed by atoms with van der Waals surface area (Å²) in [5.41, 5.74) is 0.469. The molecule has 1 saturated heterocycles. The molecule has 1 aromatic carbocycles. The molecule has 2 aromatic heterocycles. The van der Waals surface area contributed by atoms with Crippen molar-refractivity contribution in [1.29, 1.82) is 0 Å². The highest BCUT2D eigenvalue weighted by Gasteiger charge is 2.30. The van der Waals surface area contributed by atoms with Gasteiger partial charge in [-0.05, 0) is 18.2 Å². The Morgan fingerprint density at radius 2 is 1.89 bits per heavy atom. The largest absolute Gasteiger partial charge is 0.449 e. The van der Waals surface area contributed by atoms with Gasteiger partial charge in [0, 0.05) is 18.5 Å². The van der Waals surface area contributed by atoms with E-state index in [4.69, 9.17) is 32.4 Å². The van der Waals surface area contributed by atoms with Crippen LogP contribution in [0.1, 0.15) is 10.6 Å². The van der Waals surface area contributed by atoms with Crippen molar-refractivity contribution in [3.63, 3.8) is 0 Å². The predicted octanol–water partition coefficient (Wildman–Crippen LogP) is 4.07. The lowest BCUT2D eigenvalue weighted by atomic mass is 10.2. The quantitative estimate of drug-likeness (QED) is 0.633. The summed E-state index contributed by atoms with van der Waals surface area (Å²) in [5.74, 6) is -0.490. The molecule has 0 radical (unpaired) electrons. The lowest BCUT2D eigenvalue weighted by Gasteiger charge is -2.26. The number of ether oxygens (including phenoxy) is 1. The van der Waals surface area contributed by atoms with E-state index in [-0.39, 0.29) is 25.0 Å². The third-order valence-electron chi connectivity index (χ3n) is 4.24. The summed E-state index contributed by atoms with van der Waals surface area (Å²) >= 11 is 12.8. The number of hydrogen-bond acceptors (Lipinski definition) is 6. The van der Waals surface area contributed by atoms with Crippen LogP contribution in [0.5, 0.6) is 0 Å². The van der Waals surface area contributed by atoms with Crippen LogP contribution < -0.4 is 4.72 Å². The Morgan fingerprint density at radius 3 is 2.57 bits per heavy atom. The fourth-order valence-electron chi connectivity index (χ4n) is 2.91. The minimum absolute atomic E-state index is 0.0337. The van der Waals surface area contributed by atoms with Crippen LogP contribution in [0.2, 0.25) is 8.67 Å². The average Bonchev–Trinajstić information content (AvgIpc) is 3.22. The van der Waals surface area contributed by atoms with Crippen molar-refractivity contribution in [2.45, 2.75) is 4.90 Å². The number of sulfonamides is 1. The van der Waals surface area contributed by atoms with E-state index in [1.54, 1.807) is 29.2 Å². The zero-order valence-corrected chi connectivity index (χ0v) is 17.4. The molecule has 1 aliphatic rings. The molecule has 4 rings (SSSR count). The highest BCUT2D eigenvalue weighted by atomic mass is 35.5. The van der Waals surface area contributed by atoms with Gasteiger partial charge in [-0.25, -0.2) is 8.42 Å². The fourth-order valence-corrected chi connectivity index (χ4v) is 6.14. The maximum Gasteiger partial charge on any atom is 0.291 e. The summed E-state index contributed by atoms with van der Waals surface area (Å²) in [6.45, 7) is 1.62. The van der Waals surface area contributed by atoms with E-state index >= 15 is 0 Å². The SMILES string of the molecule is O=C(c1oc2ccccc2c1NS(=O)(=O)c1cc(Cl)sc1Cl)N1CCOCC1. The Balaban J connectivity index is 1.79. The summed E-state index contributed by atoms with van der Waals surface area (Å²) in [5, 5.41) is 0.472. The Hall–Kier alpha value is -1.78. The molecule has 1 fully saturated rings. The molecule has 3 heterocycles. The van der Waals surface area contributed by atoms with Gasteiger partial charge >= 0.3 is 0 Å². The molecule has 0 bridgehead atoms. The number of nitrogens with zero attached hydrogens (tertiary/aromatic N) is 1. The van der Waals surface area contributed by atoms with Gasteiger partial charge in [-0.3, -0.25) is 9.52 Å². The predicted molar refractivity (Wildman–Crippen MR) is 108 cm³/mol. The van der Waals surface area contributed by atoms with Gasteiger partial charge in [-0.1, -0.05) is 35.3 Å². The Bertz CT molecular complexity index is 1150. The van der Waals surface area contributed by atoms with Gasteiger partial charge in [0.25, 0.3) is 15.9 Å². The summed E-state index contributed by atoms with van der Waals surface area (Å²) in [6, 6.07) is 8.07. The molecule has 0 aliphatic carbocycles. The molecule has 1 N–H and O–H groups in total. The normalized spacial score (nSPS) is 15.1. The number of nitrogens with one attached hydrogen (secondary N) is 1. The molecule has 7 nitrogen and oxygen atoms in total. The van der Waals surface area contributed by atoms with Crippen molar-refractivity contribution in [3.05, 3.63) is 44.8 Å². The van der Waals surface area contributed by atoms with E-state index in [2.05, 4.69) is 4.72 Å². The van der Waals surface area contributed by atoms with Crippen LogP contribution in [0, 0.1) is 0 Å². The number of para-hydroxylation sites is 1. The van der Waals surface area contributed by atoms with Crippen LogP contribution in [-0.2, 0) is 14.8 Å². The fraction of sp³-hybridized carbons (Fsp3) is 0.235. The van der Waals surface area contributed by atoms with Crippen molar-refractivity contribution in [2.75, 3.05) is 31.0 Å². The first kappa shape index (κ1) is 19.5. The van der Waals surface area contributed by atoms with Crippen LogP contribution in [0.25, 0.3) is 11.0 Å². The van der Waals surface area contributed by atoms with Crippen molar-refractivity contribution in [1.82, 2.24) is 4.90 Å². The van der Waals surface area contributed by atoms with Crippen LogP contribution in [0.15, 0.2) is 39.6 Å².